The first-order chi connectivity index (χ1) is 16.1. The molecule has 1 aliphatic rings. The molecule has 0 saturated carbocycles. The van der Waals surface area contributed by atoms with Crippen LogP contribution in [0.2, 0.25) is 5.15 Å². The van der Waals surface area contributed by atoms with E-state index in [-0.39, 0.29) is 5.41 Å². The molecule has 4 rings (SSSR count). The highest BCUT2D eigenvalue weighted by atomic mass is 35.5. The molecular formula is C27H38ClN3O3. The normalized spacial score (nSPS) is 13.6. The molecule has 0 N–H and O–H groups in total. The van der Waals surface area contributed by atoms with Gasteiger partial charge in [-0.15, -0.1) is 0 Å². The number of imidazole rings is 1. The third-order valence-corrected chi connectivity index (χ3v) is 5.62. The third-order valence-electron chi connectivity index (χ3n) is 5.42. The molecule has 1 aliphatic heterocycles. The molecule has 186 valence electrons. The second-order valence-corrected chi connectivity index (χ2v) is 9.84. The van der Waals surface area contributed by atoms with E-state index in [9.17, 15) is 0 Å². The van der Waals surface area contributed by atoms with Crippen molar-refractivity contribution in [3.8, 4) is 0 Å². The van der Waals surface area contributed by atoms with Crippen LogP contribution < -0.4 is 0 Å². The minimum Gasteiger partial charge on any atom is -0.381 e. The summed E-state index contributed by atoms with van der Waals surface area (Å²) in [6, 6.07) is 10.5. The van der Waals surface area contributed by atoms with E-state index >= 15 is 0 Å². The smallest absolute Gasteiger partial charge is 0.129 e. The van der Waals surface area contributed by atoms with E-state index in [1.807, 2.05) is 39.6 Å². The summed E-state index contributed by atoms with van der Waals surface area (Å²) in [7, 11) is 0. The molecule has 1 saturated heterocycles. The van der Waals surface area contributed by atoms with Crippen LogP contribution >= 0.6 is 11.6 Å². The van der Waals surface area contributed by atoms with Crippen molar-refractivity contribution in [2.75, 3.05) is 13.2 Å². The van der Waals surface area contributed by atoms with Crippen molar-refractivity contribution in [2.45, 2.75) is 66.3 Å². The van der Waals surface area contributed by atoms with Crippen LogP contribution in [0, 0.1) is 26.7 Å². The van der Waals surface area contributed by atoms with Crippen LogP contribution in [0.4, 0.5) is 0 Å². The number of carbonyl (C=O) groups is 2. The van der Waals surface area contributed by atoms with Crippen molar-refractivity contribution in [1.29, 1.82) is 0 Å². The van der Waals surface area contributed by atoms with E-state index < -0.39 is 0 Å². The van der Waals surface area contributed by atoms with Crippen LogP contribution in [-0.2, 0) is 26.3 Å². The highest BCUT2D eigenvalue weighted by Crippen LogP contribution is 2.29. The molecule has 0 unspecified atom stereocenters. The van der Waals surface area contributed by atoms with E-state index in [0.29, 0.717) is 11.1 Å². The summed E-state index contributed by atoms with van der Waals surface area (Å²) in [5.74, 6) is 1.91. The summed E-state index contributed by atoms with van der Waals surface area (Å²) in [6.07, 6.45) is 2.32. The van der Waals surface area contributed by atoms with E-state index in [4.69, 9.17) is 30.9 Å². The molecule has 1 fully saturated rings. The molecule has 3 heterocycles. The Balaban J connectivity index is 0.000000373. The molecule has 0 atom stereocenters. The summed E-state index contributed by atoms with van der Waals surface area (Å²) in [5, 5.41) is 0.576. The van der Waals surface area contributed by atoms with Crippen molar-refractivity contribution in [3.05, 3.63) is 58.1 Å². The number of aromatic nitrogens is 3. The molecule has 2 aromatic heterocycles. The highest BCUT2D eigenvalue weighted by Gasteiger charge is 2.25. The van der Waals surface area contributed by atoms with Gasteiger partial charge in [0.2, 0.25) is 0 Å². The van der Waals surface area contributed by atoms with Gasteiger partial charge in [0, 0.05) is 30.9 Å². The first kappa shape index (κ1) is 29.5. The zero-order chi connectivity index (χ0) is 25.9. The van der Waals surface area contributed by atoms with Crippen LogP contribution in [0.1, 0.15) is 56.3 Å². The quantitative estimate of drug-likeness (QED) is 0.411. The lowest BCUT2D eigenvalue weighted by molar-refractivity contribution is -0.0987. The number of aryl methyl sites for hydroxylation is 3. The van der Waals surface area contributed by atoms with Gasteiger partial charge in [-0.2, -0.15) is 0 Å². The SMILES string of the molecule is C=O.C=O.Cc1cc(C)nc(Cl)c1.Cc1ccc2c(c1)nc(C(C)(C)C)n2CC1CCOCC1. The summed E-state index contributed by atoms with van der Waals surface area (Å²) in [5.41, 5.74) is 5.88. The maximum absolute atomic E-state index is 8.00. The fourth-order valence-electron chi connectivity index (χ4n) is 3.98. The Hall–Kier alpha value is -2.57. The number of nitrogens with zero attached hydrogens (tertiary/aromatic N) is 3. The summed E-state index contributed by atoms with van der Waals surface area (Å²) < 4.78 is 7.94. The van der Waals surface area contributed by atoms with Crippen LogP contribution in [0.3, 0.4) is 0 Å². The van der Waals surface area contributed by atoms with Gasteiger partial charge in [-0.25, -0.2) is 9.97 Å². The molecule has 1 aromatic carbocycles. The van der Waals surface area contributed by atoms with Gasteiger partial charge in [-0.1, -0.05) is 38.4 Å². The fourth-order valence-corrected chi connectivity index (χ4v) is 4.28. The molecule has 34 heavy (non-hydrogen) atoms. The van der Waals surface area contributed by atoms with Crippen LogP contribution in [0.25, 0.3) is 11.0 Å². The summed E-state index contributed by atoms with van der Waals surface area (Å²) in [6.45, 7) is 19.7. The minimum atomic E-state index is 0.0676. The van der Waals surface area contributed by atoms with Crippen molar-refractivity contribution in [2.24, 2.45) is 5.92 Å². The fraction of sp³-hybridized carbons (Fsp3) is 0.481. The standard InChI is InChI=1S/C18H26N2O.C7H8ClN.2CH2O/c1-13-5-6-16-15(11-13)19-17(18(2,3)4)20(16)12-14-7-9-21-10-8-14;1-5-3-6(2)9-7(8)4-5;2*1-2/h5-6,11,14H,7-10,12H2,1-4H3;3-4H,1-2H3;2*1H2. The van der Waals surface area contributed by atoms with Crippen molar-refractivity contribution < 1.29 is 14.3 Å². The lowest BCUT2D eigenvalue weighted by atomic mass is 9.94. The van der Waals surface area contributed by atoms with E-state index in [0.717, 1.165) is 49.4 Å². The van der Waals surface area contributed by atoms with E-state index in [1.54, 1.807) is 0 Å². The van der Waals surface area contributed by atoms with Gasteiger partial charge in [-0.3, -0.25) is 0 Å². The number of fused-ring (bicyclic) bond motifs is 1. The first-order valence-electron chi connectivity index (χ1n) is 11.4. The number of rotatable bonds is 2. The number of halogens is 1. The number of hydrogen-bond acceptors (Lipinski definition) is 5. The number of hydrogen-bond donors (Lipinski definition) is 0. The molecule has 0 aliphatic carbocycles. The Bertz CT molecular complexity index is 985. The van der Waals surface area contributed by atoms with Gasteiger partial charge >= 0.3 is 0 Å². The number of pyridine rings is 1. The Morgan fingerprint density at radius 3 is 2.12 bits per heavy atom. The Morgan fingerprint density at radius 1 is 0.971 bits per heavy atom. The maximum Gasteiger partial charge on any atom is 0.129 e. The summed E-state index contributed by atoms with van der Waals surface area (Å²) >= 11 is 5.64. The number of carbonyl (C=O) groups excluding carboxylic acids is 2. The van der Waals surface area contributed by atoms with Crippen LogP contribution in [0.5, 0.6) is 0 Å². The zero-order valence-corrected chi connectivity index (χ0v) is 22.1. The van der Waals surface area contributed by atoms with Gasteiger partial charge in [0.1, 0.15) is 24.6 Å². The van der Waals surface area contributed by atoms with E-state index in [1.165, 1.54) is 16.9 Å². The number of benzene rings is 1. The first-order valence-corrected chi connectivity index (χ1v) is 11.7. The van der Waals surface area contributed by atoms with Gasteiger partial charge < -0.3 is 18.9 Å². The Kier molecular flexibility index (Phi) is 12.1. The second-order valence-electron chi connectivity index (χ2n) is 9.45. The zero-order valence-electron chi connectivity index (χ0n) is 21.4. The molecule has 6 nitrogen and oxygen atoms in total. The van der Waals surface area contributed by atoms with Gasteiger partial charge in [0.25, 0.3) is 0 Å². The van der Waals surface area contributed by atoms with Crippen LogP contribution in [0.15, 0.2) is 30.3 Å². The molecule has 0 amide bonds. The van der Waals surface area contributed by atoms with Gasteiger partial charge in [0.05, 0.1) is 11.0 Å². The summed E-state index contributed by atoms with van der Waals surface area (Å²) in [4.78, 5) is 24.9. The second kappa shape index (κ2) is 14.0. The monoisotopic (exact) mass is 487 g/mol. The predicted octanol–water partition coefficient (Wildman–Crippen LogP) is 6.05. The molecule has 0 bridgehead atoms. The van der Waals surface area contributed by atoms with Crippen molar-refractivity contribution in [3.63, 3.8) is 0 Å². The Labute approximate surface area is 208 Å². The third kappa shape index (κ3) is 8.65. The molecule has 3 aromatic rings. The lowest BCUT2D eigenvalue weighted by Gasteiger charge is -2.26. The van der Waals surface area contributed by atoms with E-state index in [2.05, 4.69) is 55.4 Å². The van der Waals surface area contributed by atoms with Crippen molar-refractivity contribution >= 4 is 36.2 Å². The lowest BCUT2D eigenvalue weighted by Crippen LogP contribution is -2.25. The predicted molar refractivity (Wildman–Crippen MR) is 140 cm³/mol. The maximum atomic E-state index is 8.00. The molecule has 7 heteroatoms. The molecule has 0 radical (unpaired) electrons. The van der Waals surface area contributed by atoms with Gasteiger partial charge in [-0.05, 0) is 74.9 Å². The Morgan fingerprint density at radius 2 is 1.59 bits per heavy atom. The van der Waals surface area contributed by atoms with Gasteiger partial charge in [0.15, 0.2) is 0 Å². The molecule has 0 spiro atoms. The van der Waals surface area contributed by atoms with Crippen LogP contribution in [-0.4, -0.2) is 41.3 Å². The van der Waals surface area contributed by atoms with Crippen molar-refractivity contribution in [1.82, 2.24) is 14.5 Å². The number of ether oxygens (including phenoxy) is 1. The largest absolute Gasteiger partial charge is 0.381 e. The highest BCUT2D eigenvalue weighted by molar-refractivity contribution is 6.29. The average Bonchev–Trinajstić information content (AvgIpc) is 3.14. The topological polar surface area (TPSA) is 74.1 Å². The minimum absolute atomic E-state index is 0.0676. The molecular weight excluding hydrogens is 450 g/mol. The average molecular weight is 488 g/mol.